The third kappa shape index (κ3) is 2.02. The molecule has 1 aromatic carbocycles. The van der Waals surface area contributed by atoms with Gasteiger partial charge in [0, 0.05) is 27.1 Å². The van der Waals surface area contributed by atoms with Gasteiger partial charge in [0.2, 0.25) is 0 Å². The predicted octanol–water partition coefficient (Wildman–Crippen LogP) is 4.37. The van der Waals surface area contributed by atoms with Gasteiger partial charge in [0.15, 0.2) is 5.78 Å². The highest BCUT2D eigenvalue weighted by Gasteiger charge is 2.18. The number of nitrogens with one attached hydrogen (secondary N) is 1. The summed E-state index contributed by atoms with van der Waals surface area (Å²) in [4.78, 5) is 15.7. The molecule has 0 saturated heterocycles. The van der Waals surface area contributed by atoms with E-state index in [4.69, 9.17) is 4.42 Å². The summed E-state index contributed by atoms with van der Waals surface area (Å²) in [7, 11) is 0. The number of aromatic nitrogens is 1. The molecule has 0 fully saturated rings. The van der Waals surface area contributed by atoms with Crippen molar-refractivity contribution < 1.29 is 9.21 Å². The van der Waals surface area contributed by atoms with Gasteiger partial charge >= 0.3 is 0 Å². The van der Waals surface area contributed by atoms with Gasteiger partial charge in [0.25, 0.3) is 0 Å². The number of hydrogen-bond acceptors (Lipinski definition) is 2. The summed E-state index contributed by atoms with van der Waals surface area (Å²) in [5.74, 6) is 1.40. The molecule has 1 N–H and O–H groups in total. The highest BCUT2D eigenvalue weighted by atomic mass is 79.9. The molecule has 0 atom stereocenters. The SMILES string of the molecule is Cc1cc(C(=O)c2c[nH]c3ccc(Br)cc23)c(C)o1. The fourth-order valence-corrected chi connectivity index (χ4v) is 2.64. The van der Waals surface area contributed by atoms with Crippen LogP contribution >= 0.6 is 15.9 Å². The lowest BCUT2D eigenvalue weighted by molar-refractivity contribution is 0.103. The number of benzene rings is 1. The highest BCUT2D eigenvalue weighted by molar-refractivity contribution is 9.10. The normalized spacial score (nSPS) is 11.1. The minimum Gasteiger partial charge on any atom is -0.466 e. The zero-order chi connectivity index (χ0) is 13.6. The number of ketones is 1. The standard InChI is InChI=1S/C15H12BrNO2/c1-8-5-11(9(2)19-8)15(18)13-7-17-14-4-3-10(16)6-12(13)14/h3-7,17H,1-2H3. The fraction of sp³-hybridized carbons (Fsp3) is 0.133. The quantitative estimate of drug-likeness (QED) is 0.713. The van der Waals surface area contributed by atoms with Gasteiger partial charge < -0.3 is 9.40 Å². The first-order chi connectivity index (χ1) is 9.06. The second-order valence-corrected chi connectivity index (χ2v) is 5.46. The lowest BCUT2D eigenvalue weighted by Crippen LogP contribution is -2.00. The van der Waals surface area contributed by atoms with E-state index in [2.05, 4.69) is 20.9 Å². The molecule has 4 heteroatoms. The predicted molar refractivity (Wildman–Crippen MR) is 77.6 cm³/mol. The van der Waals surface area contributed by atoms with Gasteiger partial charge in [-0.15, -0.1) is 0 Å². The van der Waals surface area contributed by atoms with Crippen LogP contribution in [0.5, 0.6) is 0 Å². The van der Waals surface area contributed by atoms with Crippen molar-refractivity contribution in [2.75, 3.05) is 0 Å². The van der Waals surface area contributed by atoms with E-state index in [0.717, 1.165) is 21.1 Å². The lowest BCUT2D eigenvalue weighted by Gasteiger charge is -1.98. The zero-order valence-corrected chi connectivity index (χ0v) is 12.2. The van der Waals surface area contributed by atoms with Crippen molar-refractivity contribution in [2.45, 2.75) is 13.8 Å². The average molecular weight is 318 g/mol. The summed E-state index contributed by atoms with van der Waals surface area (Å²) >= 11 is 3.43. The van der Waals surface area contributed by atoms with Crippen LogP contribution in [0, 0.1) is 13.8 Å². The van der Waals surface area contributed by atoms with Gasteiger partial charge in [-0.2, -0.15) is 0 Å². The Morgan fingerprint density at radius 3 is 2.68 bits per heavy atom. The van der Waals surface area contributed by atoms with Gasteiger partial charge in [0.05, 0.1) is 5.56 Å². The summed E-state index contributed by atoms with van der Waals surface area (Å²) in [6.45, 7) is 3.65. The summed E-state index contributed by atoms with van der Waals surface area (Å²) < 4.78 is 6.38. The van der Waals surface area contributed by atoms with Crippen molar-refractivity contribution in [2.24, 2.45) is 0 Å². The Balaban J connectivity index is 2.16. The van der Waals surface area contributed by atoms with E-state index < -0.39 is 0 Å². The van der Waals surface area contributed by atoms with Crippen molar-refractivity contribution in [1.29, 1.82) is 0 Å². The number of rotatable bonds is 2. The van der Waals surface area contributed by atoms with Gasteiger partial charge in [-0.1, -0.05) is 15.9 Å². The van der Waals surface area contributed by atoms with Crippen molar-refractivity contribution in [3.8, 4) is 0 Å². The first-order valence-corrected chi connectivity index (χ1v) is 6.74. The van der Waals surface area contributed by atoms with E-state index in [1.807, 2.05) is 32.0 Å². The van der Waals surface area contributed by atoms with Crippen molar-refractivity contribution >= 4 is 32.6 Å². The molecule has 3 rings (SSSR count). The summed E-state index contributed by atoms with van der Waals surface area (Å²) in [6.07, 6.45) is 1.75. The number of carbonyl (C=O) groups excluding carboxylic acids is 1. The van der Waals surface area contributed by atoms with Crippen LogP contribution < -0.4 is 0 Å². The molecule has 0 radical (unpaired) electrons. The number of aryl methyl sites for hydroxylation is 2. The number of aromatic amines is 1. The zero-order valence-electron chi connectivity index (χ0n) is 10.6. The van der Waals surface area contributed by atoms with Crippen LogP contribution in [0.3, 0.4) is 0 Å². The Hall–Kier alpha value is -1.81. The number of furan rings is 1. The van der Waals surface area contributed by atoms with Crippen molar-refractivity contribution in [1.82, 2.24) is 4.98 Å². The number of carbonyl (C=O) groups is 1. The van der Waals surface area contributed by atoms with E-state index in [0.29, 0.717) is 16.9 Å². The Morgan fingerprint density at radius 1 is 1.21 bits per heavy atom. The van der Waals surface area contributed by atoms with E-state index in [-0.39, 0.29) is 5.78 Å². The average Bonchev–Trinajstić information content (AvgIpc) is 2.91. The highest BCUT2D eigenvalue weighted by Crippen LogP contribution is 2.26. The molecule has 96 valence electrons. The summed E-state index contributed by atoms with van der Waals surface area (Å²) in [5, 5.41) is 0.914. The maximum Gasteiger partial charge on any atom is 0.198 e. The topological polar surface area (TPSA) is 46.0 Å². The molecular weight excluding hydrogens is 306 g/mol. The fourth-order valence-electron chi connectivity index (χ4n) is 2.28. The minimum atomic E-state index is -0.0151. The van der Waals surface area contributed by atoms with Gasteiger partial charge in [-0.25, -0.2) is 0 Å². The molecule has 2 heterocycles. The molecule has 0 bridgehead atoms. The number of hydrogen-bond donors (Lipinski definition) is 1. The largest absolute Gasteiger partial charge is 0.466 e. The maximum absolute atomic E-state index is 12.6. The summed E-state index contributed by atoms with van der Waals surface area (Å²) in [6, 6.07) is 7.62. The second kappa shape index (κ2) is 4.38. The molecule has 0 amide bonds. The number of fused-ring (bicyclic) bond motifs is 1. The molecule has 0 saturated carbocycles. The monoisotopic (exact) mass is 317 g/mol. The Morgan fingerprint density at radius 2 is 2.00 bits per heavy atom. The summed E-state index contributed by atoms with van der Waals surface area (Å²) in [5.41, 5.74) is 2.24. The molecule has 0 unspecified atom stereocenters. The van der Waals surface area contributed by atoms with Crippen LogP contribution in [-0.4, -0.2) is 10.8 Å². The second-order valence-electron chi connectivity index (χ2n) is 4.55. The first kappa shape index (κ1) is 12.2. The molecular formula is C15H12BrNO2. The number of H-pyrrole nitrogens is 1. The Labute approximate surface area is 118 Å². The van der Waals surface area contributed by atoms with Gasteiger partial charge in [-0.3, -0.25) is 4.79 Å². The van der Waals surface area contributed by atoms with E-state index in [1.165, 1.54) is 0 Å². The molecule has 0 aliphatic carbocycles. The Bertz CT molecular complexity index is 783. The molecule has 3 nitrogen and oxygen atoms in total. The van der Waals surface area contributed by atoms with Gasteiger partial charge in [-0.05, 0) is 38.1 Å². The minimum absolute atomic E-state index is 0.0151. The van der Waals surface area contributed by atoms with Crippen LogP contribution in [0.25, 0.3) is 10.9 Å². The van der Waals surface area contributed by atoms with Gasteiger partial charge in [0.1, 0.15) is 11.5 Å². The van der Waals surface area contributed by atoms with E-state index in [1.54, 1.807) is 12.3 Å². The molecule has 0 spiro atoms. The van der Waals surface area contributed by atoms with Crippen LogP contribution in [0.1, 0.15) is 27.4 Å². The molecule has 19 heavy (non-hydrogen) atoms. The molecule has 2 aromatic heterocycles. The first-order valence-electron chi connectivity index (χ1n) is 5.94. The van der Waals surface area contributed by atoms with Crippen LogP contribution in [0.15, 0.2) is 39.4 Å². The van der Waals surface area contributed by atoms with Crippen LogP contribution in [-0.2, 0) is 0 Å². The van der Waals surface area contributed by atoms with Crippen LogP contribution in [0.2, 0.25) is 0 Å². The smallest absolute Gasteiger partial charge is 0.198 e. The molecule has 0 aliphatic heterocycles. The lowest BCUT2D eigenvalue weighted by atomic mass is 10.0. The van der Waals surface area contributed by atoms with E-state index >= 15 is 0 Å². The maximum atomic E-state index is 12.6. The molecule has 3 aromatic rings. The molecule has 0 aliphatic rings. The third-order valence-electron chi connectivity index (χ3n) is 3.17. The van der Waals surface area contributed by atoms with Crippen molar-refractivity contribution in [3.63, 3.8) is 0 Å². The third-order valence-corrected chi connectivity index (χ3v) is 3.67. The number of halogens is 1. The Kier molecular flexibility index (Phi) is 2.82. The van der Waals surface area contributed by atoms with E-state index in [9.17, 15) is 4.79 Å². The van der Waals surface area contributed by atoms with Crippen molar-refractivity contribution in [3.05, 3.63) is 57.6 Å². The van der Waals surface area contributed by atoms with Crippen LogP contribution in [0.4, 0.5) is 0 Å².